The van der Waals surface area contributed by atoms with E-state index in [0.717, 1.165) is 19.3 Å². The predicted molar refractivity (Wildman–Crippen MR) is 82.1 cm³/mol. The molecular formula is C14H26BrNO4. The smallest absolute Gasteiger partial charge is 0.407 e. The fourth-order valence-corrected chi connectivity index (χ4v) is 2.50. The van der Waals surface area contributed by atoms with Gasteiger partial charge < -0.3 is 14.8 Å². The molecule has 0 aliphatic rings. The van der Waals surface area contributed by atoms with Gasteiger partial charge in [-0.25, -0.2) is 9.59 Å². The zero-order chi connectivity index (χ0) is 15.4. The maximum absolute atomic E-state index is 11.7. The van der Waals surface area contributed by atoms with Crippen molar-refractivity contribution in [1.29, 1.82) is 0 Å². The molecule has 0 saturated carbocycles. The number of rotatable bonds is 10. The van der Waals surface area contributed by atoms with E-state index in [1.165, 1.54) is 26.4 Å². The molecular weight excluding hydrogens is 326 g/mol. The number of nitrogens with one attached hydrogen (secondary N) is 1. The van der Waals surface area contributed by atoms with Gasteiger partial charge in [-0.15, -0.1) is 0 Å². The third-order valence-corrected chi connectivity index (χ3v) is 3.94. The highest BCUT2D eigenvalue weighted by atomic mass is 79.9. The molecule has 0 aromatic rings. The zero-order valence-corrected chi connectivity index (χ0v) is 14.2. The van der Waals surface area contributed by atoms with Crippen LogP contribution in [0.2, 0.25) is 0 Å². The van der Waals surface area contributed by atoms with Crippen LogP contribution < -0.4 is 5.32 Å². The van der Waals surface area contributed by atoms with Crippen LogP contribution in [0.1, 0.15) is 52.4 Å². The van der Waals surface area contributed by atoms with Crippen molar-refractivity contribution in [1.82, 2.24) is 5.32 Å². The highest BCUT2D eigenvalue weighted by molar-refractivity contribution is 9.09. The average Bonchev–Trinajstić information content (AvgIpc) is 2.43. The van der Waals surface area contributed by atoms with Crippen molar-refractivity contribution in [3.63, 3.8) is 0 Å². The molecule has 0 bridgehead atoms. The molecule has 118 valence electrons. The second kappa shape index (κ2) is 12.0. The second-order valence-electron chi connectivity index (χ2n) is 4.58. The van der Waals surface area contributed by atoms with Crippen LogP contribution in [-0.2, 0) is 14.3 Å². The van der Waals surface area contributed by atoms with Gasteiger partial charge in [-0.3, -0.25) is 0 Å². The Hall–Kier alpha value is -0.780. The average molecular weight is 352 g/mol. The molecule has 0 aliphatic carbocycles. The van der Waals surface area contributed by atoms with E-state index in [0.29, 0.717) is 0 Å². The molecule has 0 spiro atoms. The summed E-state index contributed by atoms with van der Waals surface area (Å²) in [4.78, 5) is 23.0. The monoisotopic (exact) mass is 351 g/mol. The SMILES string of the molecule is CCCCCCC[C@H](Br)[C@H](NC(=O)OCC)C(=O)OC. The van der Waals surface area contributed by atoms with Crippen molar-refractivity contribution in [2.75, 3.05) is 13.7 Å². The molecule has 20 heavy (non-hydrogen) atoms. The first-order valence-electron chi connectivity index (χ1n) is 7.21. The lowest BCUT2D eigenvalue weighted by Gasteiger charge is -2.21. The lowest BCUT2D eigenvalue weighted by Crippen LogP contribution is -2.47. The van der Waals surface area contributed by atoms with E-state index in [1.54, 1.807) is 6.92 Å². The zero-order valence-electron chi connectivity index (χ0n) is 12.6. The second-order valence-corrected chi connectivity index (χ2v) is 5.76. The quantitative estimate of drug-likeness (QED) is 0.372. The molecule has 5 nitrogen and oxygen atoms in total. The number of hydrogen-bond donors (Lipinski definition) is 1. The van der Waals surface area contributed by atoms with Gasteiger partial charge in [-0.2, -0.15) is 0 Å². The van der Waals surface area contributed by atoms with E-state index in [4.69, 9.17) is 9.47 Å². The molecule has 0 fully saturated rings. The minimum absolute atomic E-state index is 0.152. The highest BCUT2D eigenvalue weighted by Crippen LogP contribution is 2.17. The van der Waals surface area contributed by atoms with E-state index in [9.17, 15) is 9.59 Å². The van der Waals surface area contributed by atoms with Gasteiger partial charge in [0.05, 0.1) is 13.7 Å². The van der Waals surface area contributed by atoms with Gasteiger partial charge in [0.15, 0.2) is 0 Å². The van der Waals surface area contributed by atoms with Crippen molar-refractivity contribution in [3.05, 3.63) is 0 Å². The summed E-state index contributed by atoms with van der Waals surface area (Å²) in [6.07, 6.45) is 5.97. The third kappa shape index (κ3) is 8.40. The van der Waals surface area contributed by atoms with E-state index in [-0.39, 0.29) is 11.4 Å². The van der Waals surface area contributed by atoms with Crippen molar-refractivity contribution in [2.24, 2.45) is 0 Å². The van der Waals surface area contributed by atoms with Gasteiger partial charge in [0.25, 0.3) is 0 Å². The number of alkyl carbamates (subject to hydrolysis) is 1. The Labute approximate surface area is 129 Å². The molecule has 0 heterocycles. The molecule has 6 heteroatoms. The maximum Gasteiger partial charge on any atom is 0.407 e. The lowest BCUT2D eigenvalue weighted by atomic mass is 10.1. The van der Waals surface area contributed by atoms with Crippen molar-refractivity contribution in [2.45, 2.75) is 63.2 Å². The van der Waals surface area contributed by atoms with Gasteiger partial charge in [0, 0.05) is 4.83 Å². The first-order valence-corrected chi connectivity index (χ1v) is 8.13. The number of esters is 1. The number of methoxy groups -OCH3 is 1. The first-order chi connectivity index (χ1) is 9.56. The molecule has 0 saturated heterocycles. The summed E-state index contributed by atoms with van der Waals surface area (Å²) in [7, 11) is 1.31. The van der Waals surface area contributed by atoms with Gasteiger partial charge in [-0.05, 0) is 13.3 Å². The standard InChI is InChI=1S/C14H26BrNO4/c1-4-6-7-8-9-10-11(15)12(13(17)19-3)16-14(18)20-5-2/h11-12H,4-10H2,1-3H3,(H,16,18)/t11-,12-/m0/s1. The largest absolute Gasteiger partial charge is 0.467 e. The van der Waals surface area contributed by atoms with E-state index in [2.05, 4.69) is 28.2 Å². The highest BCUT2D eigenvalue weighted by Gasteiger charge is 2.29. The Balaban J connectivity index is 4.24. The van der Waals surface area contributed by atoms with Crippen LogP contribution in [0, 0.1) is 0 Å². The number of alkyl halides is 1. The van der Waals surface area contributed by atoms with Crippen molar-refractivity contribution < 1.29 is 19.1 Å². The van der Waals surface area contributed by atoms with E-state index < -0.39 is 18.1 Å². The minimum Gasteiger partial charge on any atom is -0.467 e. The summed E-state index contributed by atoms with van der Waals surface area (Å²) >= 11 is 3.46. The molecule has 0 aliphatic heterocycles. The summed E-state index contributed by atoms with van der Waals surface area (Å²) in [5.41, 5.74) is 0. The Bertz CT molecular complexity index is 286. The number of amides is 1. The predicted octanol–water partition coefficient (Wildman–Crippen LogP) is 3.40. The van der Waals surface area contributed by atoms with Gasteiger partial charge in [-0.1, -0.05) is 55.0 Å². The topological polar surface area (TPSA) is 64.6 Å². The fraction of sp³-hybridized carbons (Fsp3) is 0.857. The molecule has 2 atom stereocenters. The summed E-state index contributed by atoms with van der Waals surface area (Å²) < 4.78 is 9.51. The molecule has 0 radical (unpaired) electrons. The van der Waals surface area contributed by atoms with Crippen LogP contribution in [-0.4, -0.2) is 36.6 Å². The summed E-state index contributed by atoms with van der Waals surface area (Å²) in [6, 6.07) is -0.717. The van der Waals surface area contributed by atoms with Crippen molar-refractivity contribution >= 4 is 28.0 Å². The Morgan fingerprint density at radius 2 is 1.80 bits per heavy atom. The summed E-state index contributed by atoms with van der Waals surface area (Å²) in [6.45, 7) is 4.15. The summed E-state index contributed by atoms with van der Waals surface area (Å²) in [5.74, 6) is -0.464. The Morgan fingerprint density at radius 1 is 1.15 bits per heavy atom. The fourth-order valence-electron chi connectivity index (χ4n) is 1.83. The van der Waals surface area contributed by atoms with Gasteiger partial charge in [0.1, 0.15) is 6.04 Å². The first kappa shape index (κ1) is 19.2. The summed E-state index contributed by atoms with van der Waals surface area (Å²) in [5, 5.41) is 2.54. The number of ether oxygens (including phenoxy) is 2. The number of halogens is 1. The van der Waals surface area contributed by atoms with Gasteiger partial charge in [0.2, 0.25) is 0 Å². The Kier molecular flexibility index (Phi) is 11.5. The number of carbonyl (C=O) groups excluding carboxylic acids is 2. The van der Waals surface area contributed by atoms with Crippen LogP contribution in [0.3, 0.4) is 0 Å². The lowest BCUT2D eigenvalue weighted by molar-refractivity contribution is -0.143. The van der Waals surface area contributed by atoms with Crippen LogP contribution in [0.4, 0.5) is 4.79 Å². The molecule has 0 rings (SSSR count). The number of unbranched alkanes of at least 4 members (excludes halogenated alkanes) is 4. The van der Waals surface area contributed by atoms with Crippen LogP contribution in [0.25, 0.3) is 0 Å². The van der Waals surface area contributed by atoms with E-state index >= 15 is 0 Å². The molecule has 1 amide bonds. The Morgan fingerprint density at radius 3 is 2.35 bits per heavy atom. The normalized spacial score (nSPS) is 13.4. The minimum atomic E-state index is -0.717. The molecule has 1 N–H and O–H groups in total. The number of carbonyl (C=O) groups is 2. The number of hydrogen-bond acceptors (Lipinski definition) is 4. The van der Waals surface area contributed by atoms with Crippen LogP contribution in [0.5, 0.6) is 0 Å². The van der Waals surface area contributed by atoms with E-state index in [1.807, 2.05) is 0 Å². The maximum atomic E-state index is 11.7. The van der Waals surface area contributed by atoms with Crippen molar-refractivity contribution in [3.8, 4) is 0 Å². The third-order valence-electron chi connectivity index (χ3n) is 2.95. The van der Waals surface area contributed by atoms with Crippen LogP contribution >= 0.6 is 15.9 Å². The molecule has 0 unspecified atom stereocenters. The van der Waals surface area contributed by atoms with Gasteiger partial charge >= 0.3 is 12.1 Å². The van der Waals surface area contributed by atoms with Crippen LogP contribution in [0.15, 0.2) is 0 Å². The molecule has 0 aromatic carbocycles. The molecule has 0 aromatic heterocycles.